The number of likely N-dealkylation sites (tertiary alicyclic amines) is 1. The number of aromatic nitrogens is 1. The summed E-state index contributed by atoms with van der Waals surface area (Å²) in [5.74, 6) is -0.493. The monoisotopic (exact) mass is 434 g/mol. The average Bonchev–Trinajstić information content (AvgIpc) is 3.35. The summed E-state index contributed by atoms with van der Waals surface area (Å²) >= 11 is 1.35. The highest BCUT2D eigenvalue weighted by molar-refractivity contribution is 7.12. The van der Waals surface area contributed by atoms with E-state index < -0.39 is 0 Å². The van der Waals surface area contributed by atoms with Crippen LogP contribution < -0.4 is 10.6 Å². The number of hydrogen-bond donors (Lipinski definition) is 2. The van der Waals surface area contributed by atoms with Crippen LogP contribution >= 0.6 is 11.3 Å². The largest absolute Gasteiger partial charge is 0.349 e. The molecule has 2 N–H and O–H groups in total. The van der Waals surface area contributed by atoms with Crippen molar-refractivity contribution in [3.05, 3.63) is 82.3 Å². The van der Waals surface area contributed by atoms with Gasteiger partial charge in [-0.25, -0.2) is 0 Å². The highest BCUT2D eigenvalue weighted by Crippen LogP contribution is 2.20. The number of carbonyl (C=O) groups excluding carboxylic acids is 3. The van der Waals surface area contributed by atoms with Gasteiger partial charge in [0.2, 0.25) is 0 Å². The third kappa shape index (κ3) is 4.97. The predicted octanol–water partition coefficient (Wildman–Crippen LogP) is 3.43. The summed E-state index contributed by atoms with van der Waals surface area (Å²) in [7, 11) is 0. The summed E-state index contributed by atoms with van der Waals surface area (Å²) in [6, 6.07) is 13.9. The second kappa shape index (κ2) is 9.53. The molecule has 1 fully saturated rings. The minimum Gasteiger partial charge on any atom is -0.349 e. The number of para-hydroxylation sites is 1. The third-order valence-electron chi connectivity index (χ3n) is 5.21. The Morgan fingerprint density at radius 1 is 0.935 bits per heavy atom. The summed E-state index contributed by atoms with van der Waals surface area (Å²) in [4.78, 5) is 44.2. The molecule has 0 unspecified atom stereocenters. The SMILES string of the molecule is O=C(Nc1ccccc1C(=O)NC1CCN(C(=O)c2ccncc2)CC1)c1cccs1. The molecule has 1 aromatic carbocycles. The molecule has 7 nitrogen and oxygen atoms in total. The number of hydrogen-bond acceptors (Lipinski definition) is 5. The van der Waals surface area contributed by atoms with Crippen molar-refractivity contribution >= 4 is 34.7 Å². The fraction of sp³-hybridized carbons (Fsp3) is 0.217. The van der Waals surface area contributed by atoms with Gasteiger partial charge in [0.05, 0.1) is 16.1 Å². The molecule has 3 heterocycles. The quantitative estimate of drug-likeness (QED) is 0.644. The average molecular weight is 435 g/mol. The van der Waals surface area contributed by atoms with Crippen molar-refractivity contribution < 1.29 is 14.4 Å². The van der Waals surface area contributed by atoms with Crippen molar-refractivity contribution in [1.82, 2.24) is 15.2 Å². The lowest BCUT2D eigenvalue weighted by Crippen LogP contribution is -2.46. The van der Waals surface area contributed by atoms with Gasteiger partial charge in [0, 0.05) is 37.1 Å². The molecule has 0 spiro atoms. The number of piperidine rings is 1. The van der Waals surface area contributed by atoms with E-state index in [1.54, 1.807) is 59.8 Å². The lowest BCUT2D eigenvalue weighted by molar-refractivity contribution is 0.0698. The highest BCUT2D eigenvalue weighted by atomic mass is 32.1. The van der Waals surface area contributed by atoms with Gasteiger partial charge in [-0.3, -0.25) is 19.4 Å². The first kappa shape index (κ1) is 20.7. The Labute approximate surface area is 184 Å². The number of benzene rings is 1. The molecule has 0 aliphatic carbocycles. The molecule has 31 heavy (non-hydrogen) atoms. The number of pyridine rings is 1. The van der Waals surface area contributed by atoms with Crippen LogP contribution in [0.3, 0.4) is 0 Å². The van der Waals surface area contributed by atoms with Gasteiger partial charge in [-0.15, -0.1) is 11.3 Å². The molecular formula is C23H22N4O3S. The lowest BCUT2D eigenvalue weighted by atomic mass is 10.0. The Hall–Kier alpha value is -3.52. The zero-order valence-corrected chi connectivity index (χ0v) is 17.6. The third-order valence-corrected chi connectivity index (χ3v) is 6.08. The molecule has 1 aliphatic rings. The first-order chi connectivity index (χ1) is 15.1. The molecule has 3 amide bonds. The summed E-state index contributed by atoms with van der Waals surface area (Å²) in [5.41, 5.74) is 1.51. The van der Waals surface area contributed by atoms with E-state index in [2.05, 4.69) is 15.6 Å². The maximum Gasteiger partial charge on any atom is 0.265 e. The Balaban J connectivity index is 1.35. The van der Waals surface area contributed by atoms with Crippen LogP contribution in [0, 0.1) is 0 Å². The molecule has 2 aromatic heterocycles. The van der Waals surface area contributed by atoms with E-state index in [1.807, 2.05) is 11.4 Å². The molecule has 1 aliphatic heterocycles. The number of anilines is 1. The number of nitrogens with one attached hydrogen (secondary N) is 2. The van der Waals surface area contributed by atoms with Crippen LogP contribution in [0.5, 0.6) is 0 Å². The van der Waals surface area contributed by atoms with Gasteiger partial charge < -0.3 is 15.5 Å². The van der Waals surface area contributed by atoms with Crippen LogP contribution in [0.25, 0.3) is 0 Å². The maximum atomic E-state index is 12.9. The topological polar surface area (TPSA) is 91.4 Å². The molecule has 0 bridgehead atoms. The second-order valence-corrected chi connectivity index (χ2v) is 8.20. The number of rotatable bonds is 5. The fourth-order valence-electron chi connectivity index (χ4n) is 3.55. The molecule has 1 saturated heterocycles. The molecular weight excluding hydrogens is 412 g/mol. The molecule has 0 saturated carbocycles. The maximum absolute atomic E-state index is 12.9. The normalized spacial score (nSPS) is 14.1. The van der Waals surface area contributed by atoms with Crippen LogP contribution in [-0.2, 0) is 0 Å². The Morgan fingerprint density at radius 3 is 2.39 bits per heavy atom. The van der Waals surface area contributed by atoms with Crippen LogP contribution in [-0.4, -0.2) is 46.7 Å². The van der Waals surface area contributed by atoms with Gasteiger partial charge in [0.15, 0.2) is 0 Å². The van der Waals surface area contributed by atoms with Gasteiger partial charge >= 0.3 is 0 Å². The van der Waals surface area contributed by atoms with Crippen molar-refractivity contribution in [2.75, 3.05) is 18.4 Å². The first-order valence-corrected chi connectivity index (χ1v) is 10.9. The minimum absolute atomic E-state index is 0.0196. The van der Waals surface area contributed by atoms with Gasteiger partial charge in [0.1, 0.15) is 0 Å². The van der Waals surface area contributed by atoms with Crippen molar-refractivity contribution in [3.63, 3.8) is 0 Å². The summed E-state index contributed by atoms with van der Waals surface area (Å²) < 4.78 is 0. The van der Waals surface area contributed by atoms with Gasteiger partial charge in [0.25, 0.3) is 17.7 Å². The minimum atomic E-state index is -0.238. The van der Waals surface area contributed by atoms with Crippen molar-refractivity contribution in [2.45, 2.75) is 18.9 Å². The highest BCUT2D eigenvalue weighted by Gasteiger charge is 2.25. The predicted molar refractivity (Wildman–Crippen MR) is 119 cm³/mol. The number of carbonyl (C=O) groups is 3. The van der Waals surface area contributed by atoms with Gasteiger partial charge in [-0.2, -0.15) is 0 Å². The fourth-order valence-corrected chi connectivity index (χ4v) is 4.17. The van der Waals surface area contributed by atoms with Gasteiger partial charge in [-0.05, 0) is 48.6 Å². The number of nitrogens with zero attached hydrogens (tertiary/aromatic N) is 2. The van der Waals surface area contributed by atoms with E-state index in [0.717, 1.165) is 0 Å². The van der Waals surface area contributed by atoms with E-state index in [-0.39, 0.29) is 23.8 Å². The number of thiophene rings is 1. The number of amides is 3. The smallest absolute Gasteiger partial charge is 0.265 e. The second-order valence-electron chi connectivity index (χ2n) is 7.25. The molecule has 0 atom stereocenters. The molecule has 8 heteroatoms. The molecule has 0 radical (unpaired) electrons. The molecule has 4 rings (SSSR count). The van der Waals surface area contributed by atoms with E-state index in [4.69, 9.17) is 0 Å². The van der Waals surface area contributed by atoms with E-state index in [0.29, 0.717) is 47.6 Å². The Morgan fingerprint density at radius 2 is 1.68 bits per heavy atom. The van der Waals surface area contributed by atoms with E-state index >= 15 is 0 Å². The van der Waals surface area contributed by atoms with Crippen LogP contribution in [0.15, 0.2) is 66.3 Å². The summed E-state index contributed by atoms with van der Waals surface area (Å²) in [5, 5.41) is 7.70. The van der Waals surface area contributed by atoms with Crippen LogP contribution in [0.1, 0.15) is 43.2 Å². The molecule has 158 valence electrons. The van der Waals surface area contributed by atoms with Crippen molar-refractivity contribution in [2.24, 2.45) is 0 Å². The Kier molecular flexibility index (Phi) is 6.37. The first-order valence-electron chi connectivity index (χ1n) is 10.1. The lowest BCUT2D eigenvalue weighted by Gasteiger charge is -2.32. The summed E-state index contributed by atoms with van der Waals surface area (Å²) in [6.45, 7) is 1.14. The zero-order valence-electron chi connectivity index (χ0n) is 16.8. The van der Waals surface area contributed by atoms with Crippen molar-refractivity contribution in [1.29, 1.82) is 0 Å². The molecule has 3 aromatic rings. The van der Waals surface area contributed by atoms with E-state index in [9.17, 15) is 14.4 Å². The van der Waals surface area contributed by atoms with Crippen molar-refractivity contribution in [3.8, 4) is 0 Å². The summed E-state index contributed by atoms with van der Waals surface area (Å²) in [6.07, 6.45) is 4.56. The van der Waals surface area contributed by atoms with Crippen LogP contribution in [0.4, 0.5) is 5.69 Å². The standard InChI is InChI=1S/C23H22N4O3S/c28-21(18-4-1-2-5-19(18)26-22(29)20-6-3-15-31-20)25-17-9-13-27(14-10-17)23(30)16-7-11-24-12-8-16/h1-8,11-12,15,17H,9-10,13-14H2,(H,25,28)(H,26,29). The zero-order chi connectivity index (χ0) is 21.6. The van der Waals surface area contributed by atoms with Crippen LogP contribution in [0.2, 0.25) is 0 Å². The van der Waals surface area contributed by atoms with Gasteiger partial charge in [-0.1, -0.05) is 18.2 Å². The van der Waals surface area contributed by atoms with E-state index in [1.165, 1.54) is 11.3 Å². The Bertz CT molecular complexity index is 1060.